The van der Waals surface area contributed by atoms with Crippen molar-refractivity contribution in [2.24, 2.45) is 11.8 Å². The van der Waals surface area contributed by atoms with Crippen LogP contribution in [0.3, 0.4) is 0 Å². The van der Waals surface area contributed by atoms with Crippen LogP contribution in [0.2, 0.25) is 0 Å². The summed E-state index contributed by atoms with van der Waals surface area (Å²) >= 11 is 0. The normalized spacial score (nSPS) is 32.6. The maximum absolute atomic E-state index is 11.9. The molecule has 1 amide bonds. The molecule has 1 fully saturated rings. The van der Waals surface area contributed by atoms with E-state index in [-0.39, 0.29) is 23.9 Å². The number of carboxylic acid groups (broad SMARTS) is 1. The third kappa shape index (κ3) is 2.20. The fourth-order valence-electron chi connectivity index (χ4n) is 2.68. The Labute approximate surface area is 96.6 Å². The first-order chi connectivity index (χ1) is 7.40. The van der Waals surface area contributed by atoms with Crippen LogP contribution in [0.5, 0.6) is 0 Å². The Bertz CT molecular complexity index is 290. The maximum atomic E-state index is 11.9. The van der Waals surface area contributed by atoms with Gasteiger partial charge in [-0.05, 0) is 26.2 Å². The molecule has 16 heavy (non-hydrogen) atoms. The van der Waals surface area contributed by atoms with E-state index in [1.54, 1.807) is 4.90 Å². The van der Waals surface area contributed by atoms with Gasteiger partial charge in [0.25, 0.3) is 0 Å². The molecule has 0 aliphatic carbocycles. The topological polar surface area (TPSA) is 57.6 Å². The predicted molar refractivity (Wildman–Crippen MR) is 61.0 cm³/mol. The predicted octanol–water partition coefficient (Wildman–Crippen LogP) is 1.74. The lowest BCUT2D eigenvalue weighted by Gasteiger charge is -2.43. The van der Waals surface area contributed by atoms with Crippen LogP contribution in [0, 0.1) is 11.8 Å². The monoisotopic (exact) mass is 227 g/mol. The van der Waals surface area contributed by atoms with Crippen molar-refractivity contribution in [1.82, 2.24) is 4.90 Å². The van der Waals surface area contributed by atoms with Crippen molar-refractivity contribution in [3.63, 3.8) is 0 Å². The molecule has 1 heterocycles. The number of carbonyl (C=O) groups excluding carboxylic acids is 1. The standard InChI is InChI=1S/C12H21NO3/c1-5-8(3)13-9(4)11(12(15)16)7(2)6-10(13)14/h7-9,11H,5-6H2,1-4H3,(H,15,16). The van der Waals surface area contributed by atoms with Gasteiger partial charge in [0.15, 0.2) is 0 Å². The second-order valence-corrected chi connectivity index (χ2v) is 4.84. The number of rotatable bonds is 3. The van der Waals surface area contributed by atoms with Crippen LogP contribution in [0.1, 0.15) is 40.5 Å². The average molecular weight is 227 g/mol. The third-order valence-electron chi connectivity index (χ3n) is 3.71. The first-order valence-electron chi connectivity index (χ1n) is 5.94. The van der Waals surface area contributed by atoms with E-state index in [1.165, 1.54) is 0 Å². The van der Waals surface area contributed by atoms with Gasteiger partial charge < -0.3 is 10.0 Å². The van der Waals surface area contributed by atoms with Crippen molar-refractivity contribution in [3.05, 3.63) is 0 Å². The lowest BCUT2D eigenvalue weighted by atomic mass is 9.80. The minimum atomic E-state index is -0.791. The Morgan fingerprint density at radius 3 is 2.56 bits per heavy atom. The van der Waals surface area contributed by atoms with Gasteiger partial charge in [0.2, 0.25) is 5.91 Å². The summed E-state index contributed by atoms with van der Waals surface area (Å²) in [5.74, 6) is -1.21. The highest BCUT2D eigenvalue weighted by molar-refractivity contribution is 5.82. The van der Waals surface area contributed by atoms with Crippen LogP contribution < -0.4 is 0 Å². The highest BCUT2D eigenvalue weighted by Gasteiger charge is 2.42. The summed E-state index contributed by atoms with van der Waals surface area (Å²) in [7, 11) is 0. The van der Waals surface area contributed by atoms with E-state index < -0.39 is 11.9 Å². The van der Waals surface area contributed by atoms with E-state index in [2.05, 4.69) is 0 Å². The maximum Gasteiger partial charge on any atom is 0.308 e. The second kappa shape index (κ2) is 4.85. The van der Waals surface area contributed by atoms with Crippen LogP contribution >= 0.6 is 0 Å². The van der Waals surface area contributed by atoms with Gasteiger partial charge in [-0.3, -0.25) is 9.59 Å². The third-order valence-corrected chi connectivity index (χ3v) is 3.71. The summed E-state index contributed by atoms with van der Waals surface area (Å²) in [4.78, 5) is 24.9. The van der Waals surface area contributed by atoms with Crippen LogP contribution in [-0.2, 0) is 9.59 Å². The van der Waals surface area contributed by atoms with Crippen molar-refractivity contribution in [3.8, 4) is 0 Å². The first kappa shape index (κ1) is 13.0. The Morgan fingerprint density at radius 2 is 2.12 bits per heavy atom. The molecule has 1 aliphatic heterocycles. The molecule has 4 heteroatoms. The van der Waals surface area contributed by atoms with Crippen LogP contribution in [0.25, 0.3) is 0 Å². The molecule has 0 radical (unpaired) electrons. The Balaban J connectivity index is 2.94. The van der Waals surface area contributed by atoms with Gasteiger partial charge >= 0.3 is 5.97 Å². The van der Waals surface area contributed by atoms with Gasteiger partial charge in [-0.15, -0.1) is 0 Å². The van der Waals surface area contributed by atoms with Crippen LogP contribution in [-0.4, -0.2) is 34.0 Å². The molecule has 4 unspecified atom stereocenters. The van der Waals surface area contributed by atoms with Crippen molar-refractivity contribution in [2.75, 3.05) is 0 Å². The lowest BCUT2D eigenvalue weighted by Crippen LogP contribution is -2.55. The summed E-state index contributed by atoms with van der Waals surface area (Å²) in [5, 5.41) is 9.20. The molecule has 4 nitrogen and oxygen atoms in total. The highest BCUT2D eigenvalue weighted by Crippen LogP contribution is 2.31. The second-order valence-electron chi connectivity index (χ2n) is 4.84. The van der Waals surface area contributed by atoms with E-state index in [1.807, 2.05) is 27.7 Å². The highest BCUT2D eigenvalue weighted by atomic mass is 16.4. The van der Waals surface area contributed by atoms with E-state index in [0.29, 0.717) is 6.42 Å². The van der Waals surface area contributed by atoms with Gasteiger partial charge in [0, 0.05) is 18.5 Å². The molecule has 0 aromatic rings. The molecular weight excluding hydrogens is 206 g/mol. The molecule has 0 spiro atoms. The van der Waals surface area contributed by atoms with Crippen LogP contribution in [0.15, 0.2) is 0 Å². The van der Waals surface area contributed by atoms with Crippen molar-refractivity contribution < 1.29 is 14.7 Å². The Morgan fingerprint density at radius 1 is 1.56 bits per heavy atom. The molecule has 0 aromatic heterocycles. The van der Waals surface area contributed by atoms with E-state index in [9.17, 15) is 14.7 Å². The fraction of sp³-hybridized carbons (Fsp3) is 0.833. The number of hydrogen-bond donors (Lipinski definition) is 1. The van der Waals surface area contributed by atoms with Crippen molar-refractivity contribution in [2.45, 2.75) is 52.6 Å². The number of carboxylic acids is 1. The van der Waals surface area contributed by atoms with E-state index in [0.717, 1.165) is 6.42 Å². The van der Waals surface area contributed by atoms with Gasteiger partial charge in [-0.25, -0.2) is 0 Å². The molecule has 0 aromatic carbocycles. The SMILES string of the molecule is CCC(C)N1C(=O)CC(C)C(C(=O)O)C1C. The average Bonchev–Trinajstić information content (AvgIpc) is 2.15. The lowest BCUT2D eigenvalue weighted by molar-refractivity contribution is -0.156. The number of nitrogens with zero attached hydrogens (tertiary/aromatic N) is 1. The number of hydrogen-bond acceptors (Lipinski definition) is 2. The Kier molecular flexibility index (Phi) is 3.94. The molecule has 4 atom stereocenters. The van der Waals surface area contributed by atoms with E-state index in [4.69, 9.17) is 0 Å². The van der Waals surface area contributed by atoms with Gasteiger partial charge in [0.05, 0.1) is 5.92 Å². The summed E-state index contributed by atoms with van der Waals surface area (Å²) in [6.07, 6.45) is 1.21. The summed E-state index contributed by atoms with van der Waals surface area (Å²) in [6.45, 7) is 7.68. The largest absolute Gasteiger partial charge is 0.481 e. The fourth-order valence-corrected chi connectivity index (χ4v) is 2.68. The van der Waals surface area contributed by atoms with Gasteiger partial charge in [-0.1, -0.05) is 13.8 Å². The molecule has 1 rings (SSSR count). The quantitative estimate of drug-likeness (QED) is 0.799. The number of carbonyl (C=O) groups is 2. The van der Waals surface area contributed by atoms with Gasteiger partial charge in [0.1, 0.15) is 0 Å². The minimum absolute atomic E-state index is 0.0692. The zero-order valence-corrected chi connectivity index (χ0v) is 10.4. The number of likely N-dealkylation sites (tertiary alicyclic amines) is 1. The van der Waals surface area contributed by atoms with Crippen LogP contribution in [0.4, 0.5) is 0 Å². The Hall–Kier alpha value is -1.06. The molecule has 92 valence electrons. The van der Waals surface area contributed by atoms with Gasteiger partial charge in [-0.2, -0.15) is 0 Å². The number of amides is 1. The van der Waals surface area contributed by atoms with Crippen molar-refractivity contribution in [1.29, 1.82) is 0 Å². The molecule has 0 bridgehead atoms. The smallest absolute Gasteiger partial charge is 0.308 e. The summed E-state index contributed by atoms with van der Waals surface area (Å²) < 4.78 is 0. The zero-order valence-electron chi connectivity index (χ0n) is 10.4. The molecule has 0 saturated carbocycles. The van der Waals surface area contributed by atoms with E-state index >= 15 is 0 Å². The number of aliphatic carboxylic acids is 1. The molecule has 1 N–H and O–H groups in total. The number of piperidine rings is 1. The molecule has 1 saturated heterocycles. The first-order valence-corrected chi connectivity index (χ1v) is 5.94. The zero-order chi connectivity index (χ0) is 12.5. The summed E-state index contributed by atoms with van der Waals surface area (Å²) in [6, 6.07) is -0.0828. The minimum Gasteiger partial charge on any atom is -0.481 e. The van der Waals surface area contributed by atoms with Crippen molar-refractivity contribution >= 4 is 11.9 Å². The molecular formula is C12H21NO3. The molecule has 1 aliphatic rings. The summed E-state index contributed by atoms with van der Waals surface area (Å²) in [5.41, 5.74) is 0.